The van der Waals surface area contributed by atoms with Crippen molar-refractivity contribution in [2.45, 2.75) is 210 Å². The number of aryl methyl sites for hydroxylation is 6. The van der Waals surface area contributed by atoms with Gasteiger partial charge < -0.3 is 0 Å². The average molecular weight is 758 g/mol. The van der Waals surface area contributed by atoms with Crippen LogP contribution in [-0.2, 0) is 21.7 Å². The summed E-state index contributed by atoms with van der Waals surface area (Å²) in [6.45, 7) is 53.2. The van der Waals surface area contributed by atoms with Crippen LogP contribution in [0, 0.1) is 90.0 Å². The first-order valence-corrected chi connectivity index (χ1v) is 19.1. The Hall–Kier alpha value is -3.61. The summed E-state index contributed by atoms with van der Waals surface area (Å²) < 4.78 is 0. The van der Waals surface area contributed by atoms with E-state index >= 15 is 0 Å². The van der Waals surface area contributed by atoms with Crippen LogP contribution in [0.15, 0.2) is 0 Å². The van der Waals surface area contributed by atoms with Gasteiger partial charge >= 0.3 is 0 Å². The fourth-order valence-electron chi connectivity index (χ4n) is 5.84. The summed E-state index contributed by atoms with van der Waals surface area (Å²) in [5, 5.41) is 8.42. The van der Waals surface area contributed by atoms with Crippen LogP contribution in [0.2, 0.25) is 0 Å². The summed E-state index contributed by atoms with van der Waals surface area (Å²) in [4.78, 5) is 22.5. The van der Waals surface area contributed by atoms with E-state index in [4.69, 9.17) is 4.98 Å². The summed E-state index contributed by atoms with van der Waals surface area (Å²) in [6, 6.07) is 0. The van der Waals surface area contributed by atoms with Gasteiger partial charge in [-0.1, -0.05) is 97.9 Å². The van der Waals surface area contributed by atoms with E-state index in [1.807, 2.05) is 34.6 Å². The molecule has 0 aliphatic heterocycles. The number of hydrogen-bond donors (Lipinski definition) is 0. The lowest BCUT2D eigenvalue weighted by molar-refractivity contribution is 0.539. The lowest BCUT2D eigenvalue weighted by Crippen LogP contribution is -2.18. The van der Waals surface area contributed by atoms with E-state index in [-0.39, 0.29) is 36.5 Å². The molecule has 0 aliphatic rings. The van der Waals surface area contributed by atoms with Crippen molar-refractivity contribution in [1.29, 1.82) is 0 Å². The molecule has 0 unspecified atom stereocenters. The summed E-state index contributed by atoms with van der Waals surface area (Å²) in [5.41, 5.74) is 18.4. The third-order valence-electron chi connectivity index (χ3n) is 10.00. The molecule has 0 saturated heterocycles. The average Bonchev–Trinajstić information content (AvgIpc) is 2.99. The number of nitrogens with zero attached hydrogens (tertiary/aromatic N) is 7. The monoisotopic (exact) mass is 758 g/mol. The Bertz CT molecular complexity index is 1850. The molecule has 4 rings (SSSR count). The Morgan fingerprint density at radius 1 is 0.273 bits per heavy atom. The number of hydrogen-bond acceptors (Lipinski definition) is 7. The SMILES string of the molecule is C.C.Cc1nc(C(C)(C)C)c(C)c(C)c1C.Cc1nc(C(C)(C)C)nc(C)c1C.Cc1nc(C)c(C)c(C(C)(C)C)n1.Cc1nnc(C(C)(C)C)c(C)c1C. The standard InChI is InChI=1S/C13H21N.3C11H18N2.2CH4/c1-8-9(2)11(4)14-12(10(8)3)13(5,6)7;1-7-8(2)12-9(3)13-10(7)11(4,5)6;1-7-8(2)12-10(11(4,5)6)13-9(7)3;1-7-8(2)10(11(4,5)6)13-12-9(7)3;;/h1-7H3;3*1-6H3;2*1H4. The molecule has 0 atom stereocenters. The minimum absolute atomic E-state index is 0. The van der Waals surface area contributed by atoms with Gasteiger partial charge in [0.2, 0.25) is 0 Å². The molecule has 0 saturated carbocycles. The van der Waals surface area contributed by atoms with Gasteiger partial charge in [-0.3, -0.25) is 4.98 Å². The van der Waals surface area contributed by atoms with Gasteiger partial charge in [0.05, 0.1) is 17.1 Å². The lowest BCUT2D eigenvalue weighted by atomic mass is 9.86. The van der Waals surface area contributed by atoms with Crippen molar-refractivity contribution < 1.29 is 0 Å². The van der Waals surface area contributed by atoms with E-state index in [0.717, 1.165) is 51.5 Å². The molecular weight excluding hydrogens is 675 g/mol. The predicted octanol–water partition coefficient (Wildman–Crippen LogP) is 13.0. The summed E-state index contributed by atoms with van der Waals surface area (Å²) >= 11 is 0. The van der Waals surface area contributed by atoms with Crippen LogP contribution in [0.25, 0.3) is 0 Å². The van der Waals surface area contributed by atoms with Crippen LogP contribution >= 0.6 is 0 Å². The molecule has 4 aromatic heterocycles. The quantitative estimate of drug-likeness (QED) is 0.176. The molecule has 7 nitrogen and oxygen atoms in total. The van der Waals surface area contributed by atoms with Gasteiger partial charge in [-0.2, -0.15) is 10.2 Å². The molecule has 4 aromatic rings. The van der Waals surface area contributed by atoms with Crippen molar-refractivity contribution in [1.82, 2.24) is 35.1 Å². The molecule has 0 radical (unpaired) electrons. The van der Waals surface area contributed by atoms with E-state index in [0.29, 0.717) is 0 Å². The minimum atomic E-state index is 0. The van der Waals surface area contributed by atoms with Crippen molar-refractivity contribution in [3.05, 3.63) is 96.1 Å². The number of aromatic nitrogens is 7. The second-order valence-corrected chi connectivity index (χ2v) is 19.0. The molecule has 4 heterocycles. The molecule has 0 aromatic carbocycles. The second kappa shape index (κ2) is 20.0. The summed E-state index contributed by atoms with van der Waals surface area (Å²) in [5.74, 6) is 1.81. The van der Waals surface area contributed by atoms with Crippen LogP contribution in [-0.4, -0.2) is 35.1 Å². The second-order valence-electron chi connectivity index (χ2n) is 19.0. The van der Waals surface area contributed by atoms with Gasteiger partial charge in [0.1, 0.15) is 11.6 Å². The Morgan fingerprint density at radius 2 is 0.618 bits per heavy atom. The summed E-state index contributed by atoms with van der Waals surface area (Å²) in [7, 11) is 0. The van der Waals surface area contributed by atoms with Gasteiger partial charge in [-0.25, -0.2) is 19.9 Å². The first-order chi connectivity index (χ1) is 23.7. The predicted molar refractivity (Wildman–Crippen MR) is 240 cm³/mol. The zero-order valence-electron chi connectivity index (χ0n) is 38.6. The highest BCUT2D eigenvalue weighted by Crippen LogP contribution is 2.29. The Labute approximate surface area is 339 Å². The van der Waals surface area contributed by atoms with E-state index in [9.17, 15) is 0 Å². The molecule has 310 valence electrons. The van der Waals surface area contributed by atoms with Crippen molar-refractivity contribution in [3.8, 4) is 0 Å². The topological polar surface area (TPSA) is 90.2 Å². The zero-order valence-corrected chi connectivity index (χ0v) is 38.6. The van der Waals surface area contributed by atoms with Crippen LogP contribution in [0.3, 0.4) is 0 Å². The van der Waals surface area contributed by atoms with E-state index in [2.05, 4.69) is 169 Å². The maximum absolute atomic E-state index is 4.70. The van der Waals surface area contributed by atoms with E-state index < -0.39 is 0 Å². The van der Waals surface area contributed by atoms with Crippen molar-refractivity contribution in [2.24, 2.45) is 0 Å². The highest BCUT2D eigenvalue weighted by molar-refractivity contribution is 5.40. The maximum Gasteiger partial charge on any atom is 0.134 e. The van der Waals surface area contributed by atoms with Gasteiger partial charge in [-0.05, 0) is 129 Å². The highest BCUT2D eigenvalue weighted by Gasteiger charge is 2.22. The Balaban J connectivity index is 0. The zero-order chi connectivity index (χ0) is 41.8. The highest BCUT2D eigenvalue weighted by atomic mass is 15.1. The van der Waals surface area contributed by atoms with Gasteiger partial charge in [0.25, 0.3) is 0 Å². The van der Waals surface area contributed by atoms with Crippen LogP contribution < -0.4 is 0 Å². The smallest absolute Gasteiger partial charge is 0.134 e. The van der Waals surface area contributed by atoms with Crippen molar-refractivity contribution in [3.63, 3.8) is 0 Å². The van der Waals surface area contributed by atoms with Crippen molar-refractivity contribution >= 4 is 0 Å². The largest absolute Gasteiger partial charge is 0.257 e. The first-order valence-electron chi connectivity index (χ1n) is 19.1. The van der Waals surface area contributed by atoms with Crippen molar-refractivity contribution in [2.75, 3.05) is 0 Å². The Kier molecular flexibility index (Phi) is 19.5. The Morgan fingerprint density at radius 3 is 1.02 bits per heavy atom. The van der Waals surface area contributed by atoms with Gasteiger partial charge in [-0.15, -0.1) is 0 Å². The molecule has 0 N–H and O–H groups in total. The van der Waals surface area contributed by atoms with Gasteiger partial charge in [0, 0.05) is 50.1 Å². The maximum atomic E-state index is 4.70. The molecule has 0 bridgehead atoms. The third kappa shape index (κ3) is 14.8. The fourth-order valence-corrected chi connectivity index (χ4v) is 5.84. The first kappa shape index (κ1) is 53.5. The molecule has 7 heteroatoms. The van der Waals surface area contributed by atoms with Crippen LogP contribution in [0.1, 0.15) is 194 Å². The molecule has 0 spiro atoms. The minimum Gasteiger partial charge on any atom is -0.257 e. The van der Waals surface area contributed by atoms with Gasteiger partial charge in [0.15, 0.2) is 0 Å². The third-order valence-corrected chi connectivity index (χ3v) is 10.00. The summed E-state index contributed by atoms with van der Waals surface area (Å²) in [6.07, 6.45) is 0. The molecule has 0 fully saturated rings. The van der Waals surface area contributed by atoms with E-state index in [1.165, 1.54) is 44.6 Å². The number of pyridine rings is 1. The van der Waals surface area contributed by atoms with E-state index in [1.54, 1.807) is 0 Å². The normalized spacial score (nSPS) is 11.4. The molecular formula is C48H83N7. The van der Waals surface area contributed by atoms with Crippen LogP contribution in [0.4, 0.5) is 0 Å². The molecule has 55 heavy (non-hydrogen) atoms. The lowest BCUT2D eigenvalue weighted by Gasteiger charge is -2.23. The van der Waals surface area contributed by atoms with Crippen LogP contribution in [0.5, 0.6) is 0 Å². The number of rotatable bonds is 0. The molecule has 0 amide bonds. The molecule has 0 aliphatic carbocycles. The fraction of sp³-hybridized carbons (Fsp3) is 0.646.